The van der Waals surface area contributed by atoms with Gasteiger partial charge in [0, 0.05) is 26.2 Å². The van der Waals surface area contributed by atoms with E-state index in [0.29, 0.717) is 26.2 Å². The van der Waals surface area contributed by atoms with Crippen LogP contribution in [-0.4, -0.2) is 41.2 Å². The van der Waals surface area contributed by atoms with Gasteiger partial charge in [0.15, 0.2) is 0 Å². The third-order valence-corrected chi connectivity index (χ3v) is 6.48. The Balaban J connectivity index is 2.36. The fourth-order valence-electron chi connectivity index (χ4n) is 2.88. The molecule has 1 aromatic heterocycles. The fraction of sp³-hybridized carbons (Fsp3) is 0.381. The number of aryl methyl sites for hydroxylation is 1. The number of hydrogen-bond donors (Lipinski definition) is 0. The summed E-state index contributed by atoms with van der Waals surface area (Å²) in [7, 11) is -3.46. The van der Waals surface area contributed by atoms with E-state index in [0.717, 1.165) is 12.1 Å². The molecule has 2 aromatic rings. The van der Waals surface area contributed by atoms with Gasteiger partial charge in [-0.05, 0) is 25.8 Å². The lowest BCUT2D eigenvalue weighted by molar-refractivity contribution is 0.315. The molecule has 0 unspecified atom stereocenters. The monoisotopic (exact) mass is 387 g/mol. The van der Waals surface area contributed by atoms with E-state index in [-0.39, 0.29) is 5.16 Å². The SMILES string of the molecule is C=CCN(CC=C)Cc1cnc(S(=O)(=O)C(C)C)n1CCc1ccccc1. The van der Waals surface area contributed by atoms with E-state index in [4.69, 9.17) is 0 Å². The number of nitrogens with zero attached hydrogens (tertiary/aromatic N) is 3. The molecule has 0 aliphatic heterocycles. The summed E-state index contributed by atoms with van der Waals surface area (Å²) in [5.74, 6) is 0. The lowest BCUT2D eigenvalue weighted by Crippen LogP contribution is -2.26. The number of sulfone groups is 1. The molecule has 0 saturated carbocycles. The summed E-state index contributed by atoms with van der Waals surface area (Å²) in [5, 5.41) is -0.360. The van der Waals surface area contributed by atoms with Crippen molar-refractivity contribution in [3.05, 3.63) is 73.1 Å². The Hall–Kier alpha value is -2.18. The first kappa shape index (κ1) is 21.1. The van der Waals surface area contributed by atoms with Crippen molar-refractivity contribution in [2.45, 2.75) is 43.8 Å². The topological polar surface area (TPSA) is 55.2 Å². The van der Waals surface area contributed by atoms with Gasteiger partial charge in [0.2, 0.25) is 15.0 Å². The van der Waals surface area contributed by atoms with E-state index >= 15 is 0 Å². The Morgan fingerprint density at radius 3 is 2.33 bits per heavy atom. The number of imidazole rings is 1. The van der Waals surface area contributed by atoms with Gasteiger partial charge in [-0.25, -0.2) is 13.4 Å². The molecule has 2 rings (SSSR count). The third-order valence-electron chi connectivity index (χ3n) is 4.40. The molecule has 27 heavy (non-hydrogen) atoms. The van der Waals surface area contributed by atoms with Crippen LogP contribution in [-0.2, 0) is 29.3 Å². The number of rotatable bonds is 11. The Bertz CT molecular complexity index is 845. The summed E-state index contributed by atoms with van der Waals surface area (Å²) in [6.07, 6.45) is 6.09. The van der Waals surface area contributed by atoms with Crippen molar-refractivity contribution in [1.82, 2.24) is 14.5 Å². The first-order valence-corrected chi connectivity index (χ1v) is 10.7. The zero-order valence-electron chi connectivity index (χ0n) is 16.2. The zero-order chi connectivity index (χ0) is 19.9. The van der Waals surface area contributed by atoms with Crippen LogP contribution in [0, 0.1) is 0 Å². The molecule has 0 fully saturated rings. The van der Waals surface area contributed by atoms with Crippen molar-refractivity contribution in [2.75, 3.05) is 13.1 Å². The van der Waals surface area contributed by atoms with Crippen molar-refractivity contribution < 1.29 is 8.42 Å². The smallest absolute Gasteiger partial charge is 0.228 e. The number of aromatic nitrogens is 2. The fourth-order valence-corrected chi connectivity index (χ4v) is 4.02. The van der Waals surface area contributed by atoms with E-state index < -0.39 is 15.1 Å². The minimum atomic E-state index is -3.46. The predicted octanol–water partition coefficient (Wildman–Crippen LogP) is 3.48. The van der Waals surface area contributed by atoms with Crippen LogP contribution < -0.4 is 0 Å². The lowest BCUT2D eigenvalue weighted by atomic mass is 10.1. The molecule has 0 N–H and O–H groups in total. The standard InChI is InChI=1S/C21H29N3O2S/c1-5-13-23(14-6-2)17-20-16-22-21(27(25,26)18(3)4)24(20)15-12-19-10-8-7-9-11-19/h5-11,16,18H,1-2,12-15,17H2,3-4H3. The van der Waals surface area contributed by atoms with Gasteiger partial charge in [0.05, 0.1) is 17.1 Å². The van der Waals surface area contributed by atoms with Crippen molar-refractivity contribution in [1.29, 1.82) is 0 Å². The molecule has 0 aliphatic rings. The van der Waals surface area contributed by atoms with Gasteiger partial charge in [-0.3, -0.25) is 4.90 Å². The van der Waals surface area contributed by atoms with Gasteiger partial charge < -0.3 is 4.57 Å². The summed E-state index contributed by atoms with van der Waals surface area (Å²) in [6.45, 7) is 13.5. The first-order valence-electron chi connectivity index (χ1n) is 9.16. The average Bonchev–Trinajstić information content (AvgIpc) is 3.04. The highest BCUT2D eigenvalue weighted by Gasteiger charge is 2.27. The van der Waals surface area contributed by atoms with Crippen molar-refractivity contribution in [3.63, 3.8) is 0 Å². The Labute approximate surface area is 163 Å². The van der Waals surface area contributed by atoms with Crippen LogP contribution in [0.15, 0.2) is 67.0 Å². The van der Waals surface area contributed by atoms with Gasteiger partial charge in [0.1, 0.15) is 0 Å². The van der Waals surface area contributed by atoms with E-state index in [2.05, 4.69) is 35.2 Å². The van der Waals surface area contributed by atoms with Gasteiger partial charge in [-0.15, -0.1) is 13.2 Å². The first-order chi connectivity index (χ1) is 12.9. The van der Waals surface area contributed by atoms with Gasteiger partial charge in [-0.1, -0.05) is 42.5 Å². The normalized spacial score (nSPS) is 11.9. The average molecular weight is 388 g/mol. The van der Waals surface area contributed by atoms with E-state index in [9.17, 15) is 8.42 Å². The maximum Gasteiger partial charge on any atom is 0.228 e. The summed E-state index contributed by atoms with van der Waals surface area (Å²) < 4.78 is 27.4. The van der Waals surface area contributed by atoms with Crippen LogP contribution in [0.1, 0.15) is 25.1 Å². The van der Waals surface area contributed by atoms with E-state index in [1.807, 2.05) is 34.9 Å². The molecule has 0 atom stereocenters. The van der Waals surface area contributed by atoms with Crippen LogP contribution in [0.5, 0.6) is 0 Å². The molecule has 0 spiro atoms. The quantitative estimate of drug-likeness (QED) is 0.554. The Kier molecular flexibility index (Phi) is 7.56. The second kappa shape index (κ2) is 9.67. The summed E-state index contributed by atoms with van der Waals surface area (Å²) in [5.41, 5.74) is 2.05. The maximum absolute atomic E-state index is 12.8. The molecular weight excluding hydrogens is 358 g/mol. The van der Waals surface area contributed by atoms with Crippen molar-refractivity contribution in [3.8, 4) is 0 Å². The number of hydrogen-bond acceptors (Lipinski definition) is 4. The molecule has 146 valence electrons. The second-order valence-electron chi connectivity index (χ2n) is 6.78. The van der Waals surface area contributed by atoms with Gasteiger partial charge >= 0.3 is 0 Å². The Morgan fingerprint density at radius 2 is 1.78 bits per heavy atom. The molecule has 1 aromatic carbocycles. The van der Waals surface area contributed by atoms with Crippen molar-refractivity contribution in [2.24, 2.45) is 0 Å². The van der Waals surface area contributed by atoms with E-state index in [1.54, 1.807) is 20.0 Å². The molecule has 0 radical (unpaired) electrons. The predicted molar refractivity (Wildman–Crippen MR) is 110 cm³/mol. The molecule has 0 amide bonds. The molecule has 1 heterocycles. The minimum absolute atomic E-state index is 0.153. The minimum Gasteiger partial charge on any atom is -0.317 e. The molecule has 0 saturated heterocycles. The van der Waals surface area contributed by atoms with Crippen LogP contribution in [0.25, 0.3) is 0 Å². The Morgan fingerprint density at radius 1 is 1.15 bits per heavy atom. The summed E-state index contributed by atoms with van der Waals surface area (Å²) in [6, 6.07) is 10.1. The van der Waals surface area contributed by atoms with Crippen LogP contribution in [0.2, 0.25) is 0 Å². The number of benzene rings is 1. The third kappa shape index (κ3) is 5.40. The lowest BCUT2D eigenvalue weighted by Gasteiger charge is -2.20. The highest BCUT2D eigenvalue weighted by atomic mass is 32.2. The molecule has 0 aliphatic carbocycles. The second-order valence-corrected chi connectivity index (χ2v) is 9.18. The van der Waals surface area contributed by atoms with Gasteiger partial charge in [-0.2, -0.15) is 0 Å². The molecule has 6 heteroatoms. The largest absolute Gasteiger partial charge is 0.317 e. The molecule has 5 nitrogen and oxygen atoms in total. The zero-order valence-corrected chi connectivity index (χ0v) is 17.0. The van der Waals surface area contributed by atoms with Crippen LogP contribution >= 0.6 is 0 Å². The maximum atomic E-state index is 12.8. The van der Waals surface area contributed by atoms with Crippen LogP contribution in [0.4, 0.5) is 0 Å². The molecule has 0 bridgehead atoms. The van der Waals surface area contributed by atoms with Gasteiger partial charge in [0.25, 0.3) is 0 Å². The molecular formula is C21H29N3O2S. The van der Waals surface area contributed by atoms with Crippen molar-refractivity contribution >= 4 is 9.84 Å². The van der Waals surface area contributed by atoms with Crippen LogP contribution in [0.3, 0.4) is 0 Å². The highest BCUT2D eigenvalue weighted by Crippen LogP contribution is 2.19. The van der Waals surface area contributed by atoms with E-state index in [1.165, 1.54) is 5.56 Å². The summed E-state index contributed by atoms with van der Waals surface area (Å²) >= 11 is 0. The highest BCUT2D eigenvalue weighted by molar-refractivity contribution is 7.91. The summed E-state index contributed by atoms with van der Waals surface area (Å²) in [4.78, 5) is 6.43.